The van der Waals surface area contributed by atoms with Crippen LogP contribution in [0.4, 0.5) is 0 Å². The summed E-state index contributed by atoms with van der Waals surface area (Å²) in [5, 5.41) is 10.5. The van der Waals surface area contributed by atoms with Crippen LogP contribution in [0.1, 0.15) is 32.8 Å². The Hall–Kier alpha value is -2.18. The highest BCUT2D eigenvalue weighted by Crippen LogP contribution is 2.45. The number of rotatable bonds is 6. The zero-order valence-electron chi connectivity index (χ0n) is 17.8. The molecule has 2 aliphatic rings. The van der Waals surface area contributed by atoms with Crippen molar-refractivity contribution in [3.8, 4) is 11.1 Å². The van der Waals surface area contributed by atoms with Crippen LogP contribution in [-0.2, 0) is 19.0 Å². The summed E-state index contributed by atoms with van der Waals surface area (Å²) in [4.78, 5) is 11.9. The average molecular weight is 443 g/mol. The third-order valence-corrected chi connectivity index (χ3v) is 6.18. The van der Waals surface area contributed by atoms with Gasteiger partial charge in [-0.05, 0) is 49.1 Å². The van der Waals surface area contributed by atoms with E-state index in [9.17, 15) is 9.90 Å². The fourth-order valence-electron chi connectivity index (χ4n) is 4.43. The molecule has 5 nitrogen and oxygen atoms in total. The van der Waals surface area contributed by atoms with Gasteiger partial charge in [0.15, 0.2) is 12.1 Å². The predicted molar refractivity (Wildman–Crippen MR) is 120 cm³/mol. The lowest BCUT2D eigenvalue weighted by Gasteiger charge is -2.27. The van der Waals surface area contributed by atoms with E-state index in [0.29, 0.717) is 11.4 Å². The lowest BCUT2D eigenvalue weighted by molar-refractivity contribution is -0.207. The summed E-state index contributed by atoms with van der Waals surface area (Å²) in [7, 11) is 0. The molecule has 2 fully saturated rings. The van der Waals surface area contributed by atoms with Crippen molar-refractivity contribution in [2.75, 3.05) is 0 Å². The number of fused-ring (bicyclic) bond motifs is 1. The summed E-state index contributed by atoms with van der Waals surface area (Å²) in [6, 6.07) is 15.9. The largest absolute Gasteiger partial charge is 0.481 e. The molecule has 0 aromatic heterocycles. The Bertz CT molecular complexity index is 951. The summed E-state index contributed by atoms with van der Waals surface area (Å²) in [6.07, 6.45) is 3.02. The summed E-state index contributed by atoms with van der Waals surface area (Å²) >= 11 is 5.97. The third-order valence-electron chi connectivity index (χ3n) is 5.93. The van der Waals surface area contributed by atoms with Gasteiger partial charge in [-0.2, -0.15) is 0 Å². The molecule has 0 saturated carbocycles. The molecule has 2 aromatic rings. The molecule has 2 aliphatic heterocycles. The molecule has 0 spiro atoms. The number of carbonyl (C=O) groups is 1. The van der Waals surface area contributed by atoms with Crippen molar-refractivity contribution in [2.24, 2.45) is 11.8 Å². The summed E-state index contributed by atoms with van der Waals surface area (Å²) in [5.74, 6) is -2.51. The predicted octanol–water partition coefficient (Wildman–Crippen LogP) is 5.62. The first-order valence-electron chi connectivity index (χ1n) is 10.6. The maximum Gasteiger partial charge on any atom is 0.306 e. The monoisotopic (exact) mass is 442 g/mol. The van der Waals surface area contributed by atoms with Crippen LogP contribution in [0.3, 0.4) is 0 Å². The highest BCUT2D eigenvalue weighted by atomic mass is 35.5. The highest BCUT2D eigenvalue weighted by Gasteiger charge is 2.57. The van der Waals surface area contributed by atoms with Crippen LogP contribution in [0.2, 0.25) is 5.02 Å². The van der Waals surface area contributed by atoms with Crippen molar-refractivity contribution in [2.45, 2.75) is 51.5 Å². The Morgan fingerprint density at radius 1 is 1.10 bits per heavy atom. The second-order valence-electron chi connectivity index (χ2n) is 8.49. The fourth-order valence-corrected chi connectivity index (χ4v) is 4.56. The number of halogens is 1. The van der Waals surface area contributed by atoms with Gasteiger partial charge in [-0.1, -0.05) is 67.1 Å². The molecular formula is C25H27ClO5. The molecule has 0 aliphatic carbocycles. The minimum absolute atomic E-state index is 0.320. The van der Waals surface area contributed by atoms with Gasteiger partial charge >= 0.3 is 5.97 Å². The van der Waals surface area contributed by atoms with Gasteiger partial charge in [0, 0.05) is 10.9 Å². The molecular weight excluding hydrogens is 416 g/mol. The summed E-state index contributed by atoms with van der Waals surface area (Å²) in [5.41, 5.74) is 3.19. The zero-order chi connectivity index (χ0) is 22.2. The molecule has 0 bridgehead atoms. The van der Waals surface area contributed by atoms with Crippen LogP contribution < -0.4 is 0 Å². The number of carboxylic acid groups (broad SMARTS) is 1. The van der Waals surface area contributed by atoms with Crippen LogP contribution in [0.15, 0.2) is 54.6 Å². The van der Waals surface area contributed by atoms with E-state index < -0.39 is 36.2 Å². The van der Waals surface area contributed by atoms with Crippen molar-refractivity contribution in [1.82, 2.24) is 0 Å². The van der Waals surface area contributed by atoms with E-state index in [2.05, 4.69) is 0 Å². The quantitative estimate of drug-likeness (QED) is 0.628. The van der Waals surface area contributed by atoms with Gasteiger partial charge < -0.3 is 19.3 Å². The van der Waals surface area contributed by atoms with E-state index in [-0.39, 0.29) is 5.92 Å². The molecule has 2 aromatic carbocycles. The Kier molecular flexibility index (Phi) is 6.22. The molecule has 0 amide bonds. The Balaban J connectivity index is 1.53. The standard InChI is InChI=1S/C25H27ClO5/c1-4-19(23(27)28)21-20(29-24-22(21)30-25(2,3)31-24)14-7-15-5-8-16(9-6-15)17-10-12-18(26)13-11-17/h5-14,19-22,24H,4H2,1-3H3,(H,27,28)/t19?,20-,21-,22-,24-/m1/s1. The SMILES string of the molecule is CCC(C(=O)O)[C@H]1[C@H]2OC(C)(C)O[C@H]2O[C@@H]1C=Cc1ccc(-c2ccc(Cl)cc2)cc1. The molecule has 0 radical (unpaired) electrons. The van der Waals surface area contributed by atoms with E-state index in [4.69, 9.17) is 25.8 Å². The second kappa shape index (κ2) is 8.75. The second-order valence-corrected chi connectivity index (χ2v) is 8.92. The van der Waals surface area contributed by atoms with Crippen LogP contribution in [-0.4, -0.2) is 35.4 Å². The van der Waals surface area contributed by atoms with Crippen molar-refractivity contribution in [3.05, 3.63) is 65.2 Å². The van der Waals surface area contributed by atoms with Crippen LogP contribution in [0.5, 0.6) is 0 Å². The average Bonchev–Trinajstić information content (AvgIpc) is 3.20. The number of ether oxygens (including phenoxy) is 3. The first-order chi connectivity index (χ1) is 14.8. The van der Waals surface area contributed by atoms with Crippen molar-refractivity contribution >= 4 is 23.6 Å². The van der Waals surface area contributed by atoms with Crippen LogP contribution in [0.25, 0.3) is 17.2 Å². The van der Waals surface area contributed by atoms with Crippen molar-refractivity contribution in [3.63, 3.8) is 0 Å². The van der Waals surface area contributed by atoms with Gasteiger partial charge in [0.1, 0.15) is 6.10 Å². The zero-order valence-corrected chi connectivity index (χ0v) is 18.6. The number of carboxylic acids is 1. The van der Waals surface area contributed by atoms with Gasteiger partial charge in [0.2, 0.25) is 0 Å². The van der Waals surface area contributed by atoms with Crippen LogP contribution >= 0.6 is 11.6 Å². The van der Waals surface area contributed by atoms with E-state index in [1.165, 1.54) is 0 Å². The van der Waals surface area contributed by atoms with Crippen LogP contribution in [0, 0.1) is 11.8 Å². The topological polar surface area (TPSA) is 65.0 Å². The Morgan fingerprint density at radius 2 is 1.71 bits per heavy atom. The van der Waals surface area contributed by atoms with E-state index >= 15 is 0 Å². The number of benzene rings is 2. The van der Waals surface area contributed by atoms with Crippen molar-refractivity contribution in [1.29, 1.82) is 0 Å². The number of aliphatic carboxylic acids is 1. The van der Waals surface area contributed by atoms with Gasteiger partial charge in [0.25, 0.3) is 0 Å². The van der Waals surface area contributed by atoms with E-state index in [1.807, 2.05) is 81.5 Å². The fraction of sp³-hybridized carbons (Fsp3) is 0.400. The van der Waals surface area contributed by atoms with E-state index in [1.54, 1.807) is 0 Å². The first-order valence-corrected chi connectivity index (χ1v) is 10.9. The molecule has 4 rings (SSSR count). The number of hydrogen-bond acceptors (Lipinski definition) is 4. The maximum absolute atomic E-state index is 11.9. The third kappa shape index (κ3) is 4.70. The Labute approximate surface area is 187 Å². The lowest BCUT2D eigenvalue weighted by Crippen LogP contribution is -2.37. The molecule has 31 heavy (non-hydrogen) atoms. The minimum atomic E-state index is -0.837. The van der Waals surface area contributed by atoms with Crippen molar-refractivity contribution < 1.29 is 24.1 Å². The van der Waals surface area contributed by atoms with Gasteiger partial charge in [0.05, 0.1) is 12.0 Å². The normalized spacial score (nSPS) is 28.0. The molecule has 164 valence electrons. The number of hydrogen-bond donors (Lipinski definition) is 1. The molecule has 6 heteroatoms. The molecule has 5 atom stereocenters. The summed E-state index contributed by atoms with van der Waals surface area (Å²) in [6.45, 7) is 5.52. The molecule has 2 saturated heterocycles. The highest BCUT2D eigenvalue weighted by molar-refractivity contribution is 6.30. The minimum Gasteiger partial charge on any atom is -0.481 e. The van der Waals surface area contributed by atoms with Gasteiger partial charge in [-0.25, -0.2) is 0 Å². The van der Waals surface area contributed by atoms with Gasteiger partial charge in [-0.3, -0.25) is 4.79 Å². The first kappa shape index (κ1) is 22.0. The molecule has 1 N–H and O–H groups in total. The molecule has 2 heterocycles. The lowest BCUT2D eigenvalue weighted by atomic mass is 9.82. The van der Waals surface area contributed by atoms with Gasteiger partial charge in [-0.15, -0.1) is 0 Å². The molecule has 1 unspecified atom stereocenters. The smallest absolute Gasteiger partial charge is 0.306 e. The Morgan fingerprint density at radius 3 is 2.29 bits per heavy atom. The summed E-state index contributed by atoms with van der Waals surface area (Å²) < 4.78 is 18.0. The maximum atomic E-state index is 11.9. The van der Waals surface area contributed by atoms with E-state index in [0.717, 1.165) is 16.7 Å².